The van der Waals surface area contributed by atoms with E-state index in [1.165, 1.54) is 5.69 Å². The fourth-order valence-corrected chi connectivity index (χ4v) is 2.37. The van der Waals surface area contributed by atoms with Gasteiger partial charge in [0.15, 0.2) is 0 Å². The van der Waals surface area contributed by atoms with Crippen LogP contribution in [0.2, 0.25) is 0 Å². The molecule has 1 heterocycles. The SMILES string of the molecule is CCOc1ccc(-n2ncc(CCl)c2C(C)C)cc1. The van der Waals surface area contributed by atoms with E-state index in [0.29, 0.717) is 18.4 Å². The average Bonchev–Trinajstić information content (AvgIpc) is 2.84. The summed E-state index contributed by atoms with van der Waals surface area (Å²) in [5.74, 6) is 1.75. The van der Waals surface area contributed by atoms with Crippen LogP contribution in [0.25, 0.3) is 5.69 Å². The standard InChI is InChI=1S/C15H19ClN2O/c1-4-19-14-7-5-13(6-8-14)18-15(11(2)3)12(9-16)10-17-18/h5-8,10-11H,4,9H2,1-3H3. The number of benzene rings is 1. The third kappa shape index (κ3) is 2.92. The van der Waals surface area contributed by atoms with Crippen molar-refractivity contribution in [1.82, 2.24) is 9.78 Å². The van der Waals surface area contributed by atoms with Crippen molar-refractivity contribution in [2.45, 2.75) is 32.6 Å². The molecule has 3 nitrogen and oxygen atoms in total. The quantitative estimate of drug-likeness (QED) is 0.769. The van der Waals surface area contributed by atoms with E-state index < -0.39 is 0 Å². The Labute approximate surface area is 119 Å². The van der Waals surface area contributed by atoms with Gasteiger partial charge in [0, 0.05) is 5.56 Å². The zero-order valence-electron chi connectivity index (χ0n) is 11.6. The predicted molar refractivity (Wildman–Crippen MR) is 78.4 cm³/mol. The molecular weight excluding hydrogens is 260 g/mol. The normalized spacial score (nSPS) is 11.0. The highest BCUT2D eigenvalue weighted by atomic mass is 35.5. The molecule has 2 rings (SSSR count). The lowest BCUT2D eigenvalue weighted by Gasteiger charge is -2.12. The summed E-state index contributed by atoms with van der Waals surface area (Å²) in [4.78, 5) is 0. The van der Waals surface area contributed by atoms with Gasteiger partial charge in [-0.15, -0.1) is 11.6 Å². The molecule has 2 aromatic rings. The van der Waals surface area contributed by atoms with E-state index in [4.69, 9.17) is 16.3 Å². The van der Waals surface area contributed by atoms with Crippen molar-refractivity contribution in [2.24, 2.45) is 0 Å². The summed E-state index contributed by atoms with van der Waals surface area (Å²) in [6.07, 6.45) is 1.85. The molecule has 0 amide bonds. The fourth-order valence-electron chi connectivity index (χ4n) is 2.17. The van der Waals surface area contributed by atoms with E-state index in [-0.39, 0.29) is 0 Å². The Kier molecular flexibility index (Phi) is 4.48. The van der Waals surface area contributed by atoms with Gasteiger partial charge >= 0.3 is 0 Å². The van der Waals surface area contributed by atoms with Crippen LogP contribution in [0.15, 0.2) is 30.5 Å². The molecule has 19 heavy (non-hydrogen) atoms. The molecule has 0 spiro atoms. The van der Waals surface area contributed by atoms with Crippen LogP contribution < -0.4 is 4.74 Å². The Balaban J connectivity index is 2.38. The lowest BCUT2D eigenvalue weighted by Crippen LogP contribution is -2.05. The van der Waals surface area contributed by atoms with Crippen LogP contribution in [-0.2, 0) is 5.88 Å². The van der Waals surface area contributed by atoms with Crippen molar-refractivity contribution < 1.29 is 4.74 Å². The average molecular weight is 279 g/mol. The van der Waals surface area contributed by atoms with Crippen molar-refractivity contribution in [3.63, 3.8) is 0 Å². The van der Waals surface area contributed by atoms with Crippen LogP contribution in [0, 0.1) is 0 Å². The van der Waals surface area contributed by atoms with Crippen LogP contribution in [0.3, 0.4) is 0 Å². The molecule has 0 aliphatic heterocycles. The van der Waals surface area contributed by atoms with E-state index in [0.717, 1.165) is 17.0 Å². The number of hydrogen-bond acceptors (Lipinski definition) is 2. The fraction of sp³-hybridized carbons (Fsp3) is 0.400. The summed E-state index contributed by atoms with van der Waals surface area (Å²) in [5, 5.41) is 4.45. The van der Waals surface area contributed by atoms with Crippen LogP contribution in [0.4, 0.5) is 0 Å². The molecule has 0 unspecified atom stereocenters. The van der Waals surface area contributed by atoms with Crippen molar-refractivity contribution in [3.8, 4) is 11.4 Å². The predicted octanol–water partition coefficient (Wildman–Crippen LogP) is 4.13. The van der Waals surface area contributed by atoms with Gasteiger partial charge < -0.3 is 4.74 Å². The van der Waals surface area contributed by atoms with Gasteiger partial charge in [-0.2, -0.15) is 5.10 Å². The van der Waals surface area contributed by atoms with E-state index in [1.54, 1.807) is 0 Å². The zero-order valence-corrected chi connectivity index (χ0v) is 12.3. The molecule has 4 heteroatoms. The lowest BCUT2D eigenvalue weighted by atomic mass is 10.1. The number of ether oxygens (including phenoxy) is 1. The van der Waals surface area contributed by atoms with E-state index in [2.05, 4.69) is 18.9 Å². The van der Waals surface area contributed by atoms with Crippen molar-refractivity contribution >= 4 is 11.6 Å². The minimum absolute atomic E-state index is 0.378. The second kappa shape index (κ2) is 6.11. The van der Waals surface area contributed by atoms with Gasteiger partial charge in [-0.1, -0.05) is 13.8 Å². The van der Waals surface area contributed by atoms with Crippen LogP contribution in [0.1, 0.15) is 37.9 Å². The molecule has 0 aliphatic rings. The second-order valence-corrected chi connectivity index (χ2v) is 4.95. The Morgan fingerprint density at radius 3 is 2.47 bits per heavy atom. The Bertz CT molecular complexity index is 532. The summed E-state index contributed by atoms with van der Waals surface area (Å²) in [6.45, 7) is 6.95. The summed E-state index contributed by atoms with van der Waals surface area (Å²) in [5.41, 5.74) is 3.29. The number of alkyl halides is 1. The van der Waals surface area contributed by atoms with Gasteiger partial charge in [0.2, 0.25) is 0 Å². The number of nitrogens with zero attached hydrogens (tertiary/aromatic N) is 2. The number of halogens is 1. The molecule has 0 atom stereocenters. The maximum absolute atomic E-state index is 5.97. The number of hydrogen-bond donors (Lipinski definition) is 0. The third-order valence-electron chi connectivity index (χ3n) is 2.97. The van der Waals surface area contributed by atoms with E-state index >= 15 is 0 Å². The van der Waals surface area contributed by atoms with Gasteiger partial charge in [0.05, 0.1) is 30.1 Å². The van der Waals surface area contributed by atoms with Crippen LogP contribution in [0.5, 0.6) is 5.75 Å². The Hall–Kier alpha value is -1.48. The first-order valence-electron chi connectivity index (χ1n) is 6.53. The highest BCUT2D eigenvalue weighted by molar-refractivity contribution is 6.17. The maximum Gasteiger partial charge on any atom is 0.119 e. The molecule has 1 aromatic heterocycles. The molecule has 0 saturated heterocycles. The highest BCUT2D eigenvalue weighted by Gasteiger charge is 2.14. The van der Waals surface area contributed by atoms with Crippen molar-refractivity contribution in [2.75, 3.05) is 6.61 Å². The largest absolute Gasteiger partial charge is 0.494 e. The van der Waals surface area contributed by atoms with Gasteiger partial charge in [-0.3, -0.25) is 0 Å². The topological polar surface area (TPSA) is 27.1 Å². The molecule has 0 N–H and O–H groups in total. The summed E-state index contributed by atoms with van der Waals surface area (Å²) in [7, 11) is 0. The summed E-state index contributed by atoms with van der Waals surface area (Å²) in [6, 6.07) is 7.96. The monoisotopic (exact) mass is 278 g/mol. The van der Waals surface area contributed by atoms with Crippen LogP contribution >= 0.6 is 11.6 Å². The smallest absolute Gasteiger partial charge is 0.119 e. The summed E-state index contributed by atoms with van der Waals surface area (Å²) < 4.78 is 7.41. The van der Waals surface area contributed by atoms with Crippen LogP contribution in [-0.4, -0.2) is 16.4 Å². The zero-order chi connectivity index (χ0) is 13.8. The highest BCUT2D eigenvalue weighted by Crippen LogP contribution is 2.25. The van der Waals surface area contributed by atoms with Crippen molar-refractivity contribution in [3.05, 3.63) is 41.7 Å². The van der Waals surface area contributed by atoms with E-state index in [1.807, 2.05) is 42.1 Å². The minimum atomic E-state index is 0.378. The third-order valence-corrected chi connectivity index (χ3v) is 3.26. The second-order valence-electron chi connectivity index (χ2n) is 4.68. The first kappa shape index (κ1) is 13.9. The van der Waals surface area contributed by atoms with Crippen molar-refractivity contribution in [1.29, 1.82) is 0 Å². The molecule has 0 aliphatic carbocycles. The molecule has 1 aromatic carbocycles. The first-order valence-corrected chi connectivity index (χ1v) is 7.06. The van der Waals surface area contributed by atoms with Gasteiger partial charge in [0.1, 0.15) is 5.75 Å². The summed E-state index contributed by atoms with van der Waals surface area (Å²) >= 11 is 5.97. The Morgan fingerprint density at radius 1 is 1.26 bits per heavy atom. The minimum Gasteiger partial charge on any atom is -0.494 e. The number of rotatable bonds is 5. The molecule has 0 radical (unpaired) electrons. The van der Waals surface area contributed by atoms with Gasteiger partial charge in [-0.25, -0.2) is 4.68 Å². The molecule has 0 saturated carbocycles. The Morgan fingerprint density at radius 2 is 1.95 bits per heavy atom. The maximum atomic E-state index is 5.97. The molecule has 102 valence electrons. The first-order chi connectivity index (χ1) is 9.17. The van der Waals surface area contributed by atoms with Gasteiger partial charge in [-0.05, 0) is 37.1 Å². The lowest BCUT2D eigenvalue weighted by molar-refractivity contribution is 0.340. The molecular formula is C15H19ClN2O. The molecule has 0 fully saturated rings. The number of aromatic nitrogens is 2. The molecule has 0 bridgehead atoms. The van der Waals surface area contributed by atoms with Gasteiger partial charge in [0.25, 0.3) is 0 Å². The van der Waals surface area contributed by atoms with E-state index in [9.17, 15) is 0 Å².